The zero-order chi connectivity index (χ0) is 12.6. The average molecular weight is 181 g/mol. The van der Waals surface area contributed by atoms with Gasteiger partial charge < -0.3 is 5.11 Å². The quantitative estimate of drug-likeness (QED) is 0.738. The second-order valence-corrected chi connectivity index (χ2v) is 3.86. The van der Waals surface area contributed by atoms with E-state index < -0.39 is 0 Å². The first-order valence-electron chi connectivity index (χ1n) is 6.11. The van der Waals surface area contributed by atoms with Crippen molar-refractivity contribution in [2.75, 3.05) is 0 Å². The number of benzene rings is 1. The highest BCUT2D eigenvalue weighted by molar-refractivity contribution is 5.43. The molecule has 1 aromatic carbocycles. The molecule has 0 radical (unpaired) electrons. The zero-order valence-corrected chi connectivity index (χ0v) is 8.60. The molecular formula is C12H18O. The van der Waals surface area contributed by atoms with Gasteiger partial charge in [-0.15, -0.1) is 0 Å². The van der Waals surface area contributed by atoms with Gasteiger partial charge in [-0.05, 0) is 23.0 Å². The maximum Gasteiger partial charge on any atom is 0.122 e. The van der Waals surface area contributed by atoms with Crippen LogP contribution < -0.4 is 0 Å². The van der Waals surface area contributed by atoms with Gasteiger partial charge in [-0.2, -0.15) is 0 Å². The van der Waals surface area contributed by atoms with Crippen molar-refractivity contribution in [3.8, 4) is 5.75 Å². The summed E-state index contributed by atoms with van der Waals surface area (Å²) in [5, 5.41) is 10.1. The Labute approximate surface area is 84.6 Å². The fourth-order valence-electron chi connectivity index (χ4n) is 1.26. The van der Waals surface area contributed by atoms with E-state index in [2.05, 4.69) is 0 Å². The van der Waals surface area contributed by atoms with E-state index in [1.165, 1.54) is 0 Å². The van der Waals surface area contributed by atoms with E-state index in [9.17, 15) is 5.11 Å². The highest BCUT2D eigenvalue weighted by atomic mass is 16.3. The number of aromatic hydroxyl groups is 1. The van der Waals surface area contributed by atoms with Gasteiger partial charge in [-0.3, -0.25) is 0 Å². The lowest BCUT2D eigenvalue weighted by Gasteiger charge is -2.14. The summed E-state index contributed by atoms with van der Waals surface area (Å²) >= 11 is 0. The van der Waals surface area contributed by atoms with Crippen molar-refractivity contribution in [2.45, 2.75) is 39.5 Å². The molecule has 0 aliphatic heterocycles. The molecular weight excluding hydrogens is 160 g/mol. The molecule has 1 nitrogen and oxygen atoms in total. The summed E-state index contributed by atoms with van der Waals surface area (Å²) < 4.78 is 23.3. The fraction of sp³-hybridized carbons (Fsp3) is 0.500. The first-order valence-corrected chi connectivity index (χ1v) is 4.61. The van der Waals surface area contributed by atoms with Gasteiger partial charge in [0.1, 0.15) is 5.75 Å². The van der Waals surface area contributed by atoms with Crippen LogP contribution in [-0.2, 0) is 0 Å². The molecule has 13 heavy (non-hydrogen) atoms. The lowest BCUT2D eigenvalue weighted by molar-refractivity contribution is 0.454. The largest absolute Gasteiger partial charge is 0.507 e. The van der Waals surface area contributed by atoms with Crippen LogP contribution in [0.1, 0.15) is 54.8 Å². The highest BCUT2D eigenvalue weighted by Gasteiger charge is 2.11. The van der Waals surface area contributed by atoms with Gasteiger partial charge in [0, 0.05) is 0 Å². The van der Waals surface area contributed by atoms with Crippen LogP contribution in [0.5, 0.6) is 5.75 Å². The zero-order valence-electron chi connectivity index (χ0n) is 11.6. The van der Waals surface area contributed by atoms with Crippen molar-refractivity contribution >= 4 is 0 Å². The SMILES string of the molecule is [2H]c1c([2H])c(C(C)C)c(O)c(C(C)C)c1[2H]. The van der Waals surface area contributed by atoms with Crippen molar-refractivity contribution in [3.05, 3.63) is 29.3 Å². The molecule has 1 rings (SSSR count). The number of phenols is 1. The molecule has 0 heterocycles. The Bertz CT molecular complexity index is 376. The van der Waals surface area contributed by atoms with Crippen molar-refractivity contribution in [2.24, 2.45) is 0 Å². The predicted octanol–water partition coefficient (Wildman–Crippen LogP) is 3.64. The summed E-state index contributed by atoms with van der Waals surface area (Å²) in [6.45, 7) is 7.50. The van der Waals surface area contributed by atoms with Crippen LogP contribution in [-0.4, -0.2) is 5.11 Å². The van der Waals surface area contributed by atoms with E-state index >= 15 is 0 Å². The van der Waals surface area contributed by atoms with Gasteiger partial charge in [0.05, 0.1) is 4.11 Å². The third-order valence-corrected chi connectivity index (χ3v) is 2.06. The summed E-state index contributed by atoms with van der Waals surface area (Å²) in [5.74, 6) is -0.0135. The van der Waals surface area contributed by atoms with Crippen LogP contribution >= 0.6 is 0 Å². The second kappa shape index (κ2) is 3.82. The van der Waals surface area contributed by atoms with E-state index in [0.717, 1.165) is 0 Å². The summed E-state index contributed by atoms with van der Waals surface area (Å²) in [4.78, 5) is 0. The summed E-state index contributed by atoms with van der Waals surface area (Å²) in [7, 11) is 0. The lowest BCUT2D eigenvalue weighted by Crippen LogP contribution is -1.94. The van der Waals surface area contributed by atoms with E-state index in [-0.39, 0.29) is 35.7 Å². The van der Waals surface area contributed by atoms with E-state index in [1.807, 2.05) is 27.7 Å². The highest BCUT2D eigenvalue weighted by Crippen LogP contribution is 2.32. The van der Waals surface area contributed by atoms with Gasteiger partial charge >= 0.3 is 0 Å². The second-order valence-electron chi connectivity index (χ2n) is 3.86. The van der Waals surface area contributed by atoms with Gasteiger partial charge in [0.15, 0.2) is 0 Å². The van der Waals surface area contributed by atoms with E-state index in [0.29, 0.717) is 11.1 Å². The Hall–Kier alpha value is -0.980. The number of hydrogen-bond acceptors (Lipinski definition) is 1. The smallest absolute Gasteiger partial charge is 0.122 e. The minimum atomic E-state index is -0.0924. The first kappa shape index (κ1) is 6.47. The Morgan fingerprint density at radius 3 is 1.77 bits per heavy atom. The molecule has 72 valence electrons. The van der Waals surface area contributed by atoms with Gasteiger partial charge in [0.2, 0.25) is 0 Å². The molecule has 0 amide bonds. The van der Waals surface area contributed by atoms with Gasteiger partial charge in [-0.1, -0.05) is 45.8 Å². The van der Waals surface area contributed by atoms with Gasteiger partial charge in [-0.25, -0.2) is 0 Å². The monoisotopic (exact) mass is 181 g/mol. The Kier molecular flexibility index (Phi) is 1.90. The van der Waals surface area contributed by atoms with E-state index in [4.69, 9.17) is 4.11 Å². The molecule has 0 saturated carbocycles. The third-order valence-electron chi connectivity index (χ3n) is 2.06. The van der Waals surface area contributed by atoms with Crippen LogP contribution in [0.4, 0.5) is 0 Å². The molecule has 0 aliphatic carbocycles. The number of rotatable bonds is 2. The summed E-state index contributed by atoms with van der Waals surface area (Å²) in [6, 6.07) is -0.144. The molecule has 0 unspecified atom stereocenters. The maximum absolute atomic E-state index is 10.1. The van der Waals surface area contributed by atoms with Crippen molar-refractivity contribution in [1.82, 2.24) is 0 Å². The van der Waals surface area contributed by atoms with Crippen LogP contribution in [0.3, 0.4) is 0 Å². The standard InChI is InChI=1S/C12H18O/c1-8(2)10-6-5-7-11(9(3)4)12(10)13/h5-9,13H,1-4H3/i5D,6D,7D. The van der Waals surface area contributed by atoms with Crippen molar-refractivity contribution in [1.29, 1.82) is 0 Å². The van der Waals surface area contributed by atoms with Crippen LogP contribution in [0.25, 0.3) is 0 Å². The molecule has 0 spiro atoms. The Balaban J connectivity index is 3.66. The van der Waals surface area contributed by atoms with E-state index in [1.54, 1.807) is 0 Å². The molecule has 0 aromatic heterocycles. The Morgan fingerprint density at radius 1 is 1.08 bits per heavy atom. The minimum absolute atomic E-state index is 0.0188. The first-order chi connectivity index (χ1) is 7.29. The Morgan fingerprint density at radius 2 is 1.46 bits per heavy atom. The maximum atomic E-state index is 10.1. The molecule has 0 saturated heterocycles. The van der Waals surface area contributed by atoms with Crippen molar-refractivity contribution < 1.29 is 9.22 Å². The summed E-state index contributed by atoms with van der Waals surface area (Å²) in [6.07, 6.45) is 0. The number of phenolic OH excluding ortho intramolecular Hbond substituents is 1. The lowest BCUT2D eigenvalue weighted by atomic mass is 9.94. The normalized spacial score (nSPS) is 14.5. The van der Waals surface area contributed by atoms with Crippen LogP contribution in [0.15, 0.2) is 18.1 Å². The number of para-hydroxylation sites is 1. The van der Waals surface area contributed by atoms with Crippen LogP contribution in [0, 0.1) is 0 Å². The predicted molar refractivity (Wildman–Crippen MR) is 56.3 cm³/mol. The molecule has 1 aromatic rings. The van der Waals surface area contributed by atoms with Gasteiger partial charge in [0.25, 0.3) is 0 Å². The number of hydrogen-bond donors (Lipinski definition) is 1. The molecule has 1 N–H and O–H groups in total. The molecule has 0 fully saturated rings. The topological polar surface area (TPSA) is 20.2 Å². The third kappa shape index (κ3) is 2.03. The molecule has 0 bridgehead atoms. The molecule has 1 heteroatoms. The molecule has 0 atom stereocenters. The summed E-state index contributed by atoms with van der Waals surface area (Å²) in [5.41, 5.74) is 0.953. The fourth-order valence-corrected chi connectivity index (χ4v) is 1.26. The minimum Gasteiger partial charge on any atom is -0.507 e. The van der Waals surface area contributed by atoms with Crippen molar-refractivity contribution in [3.63, 3.8) is 0 Å². The van der Waals surface area contributed by atoms with Crippen LogP contribution in [0.2, 0.25) is 0 Å². The average Bonchev–Trinajstić information content (AvgIpc) is 2.13. The molecule has 0 aliphatic rings.